The van der Waals surface area contributed by atoms with E-state index in [-0.39, 0.29) is 21.7 Å². The fourth-order valence-corrected chi connectivity index (χ4v) is 1.49. The zero-order chi connectivity index (χ0) is 17.1. The van der Waals surface area contributed by atoms with E-state index < -0.39 is 0 Å². The van der Waals surface area contributed by atoms with Gasteiger partial charge in [0.15, 0.2) is 0 Å². The predicted octanol–water partition coefficient (Wildman–Crippen LogP) is 4.67. The Hall–Kier alpha value is -1.18. The first-order valence-electron chi connectivity index (χ1n) is 7.61. The molecule has 2 saturated carbocycles. The molecule has 0 aromatic heterocycles. The van der Waals surface area contributed by atoms with Gasteiger partial charge in [-0.1, -0.05) is 6.07 Å². The third-order valence-electron chi connectivity index (χ3n) is 2.61. The molecule has 122 valence electrons. The molecule has 2 aliphatic carbocycles. The van der Waals surface area contributed by atoms with Gasteiger partial charge in [-0.05, 0) is 64.2 Å². The van der Waals surface area contributed by atoms with E-state index in [0.717, 1.165) is 0 Å². The molecule has 2 aliphatic rings. The van der Waals surface area contributed by atoms with Gasteiger partial charge in [-0.15, -0.1) is 12.1 Å². The van der Waals surface area contributed by atoms with Crippen molar-refractivity contribution in [2.75, 3.05) is 0 Å². The van der Waals surface area contributed by atoms with E-state index in [2.05, 4.69) is 6.07 Å². The Kier molecular flexibility index (Phi) is 18.3. The van der Waals surface area contributed by atoms with E-state index in [1.165, 1.54) is 0 Å². The van der Waals surface area contributed by atoms with Crippen molar-refractivity contribution in [2.24, 2.45) is 0 Å². The summed E-state index contributed by atoms with van der Waals surface area (Å²) in [5.41, 5.74) is 0.604. The van der Waals surface area contributed by atoms with Crippen LogP contribution in [0.5, 0.6) is 0 Å². The third kappa shape index (κ3) is 16.1. The van der Waals surface area contributed by atoms with Crippen molar-refractivity contribution in [1.29, 1.82) is 0 Å². The van der Waals surface area contributed by atoms with E-state index in [1.807, 2.05) is 101 Å². The van der Waals surface area contributed by atoms with Crippen LogP contribution in [0.25, 0.3) is 0 Å². The summed E-state index contributed by atoms with van der Waals surface area (Å²) in [6, 6.07) is 21.4. The van der Waals surface area contributed by atoms with Crippen LogP contribution in [0.2, 0.25) is 0 Å². The molecule has 10 radical (unpaired) electrons. The van der Waals surface area contributed by atoms with Crippen LogP contribution in [-0.2, 0) is 26.5 Å². The van der Waals surface area contributed by atoms with E-state index in [1.54, 1.807) is 30.6 Å². The average molecular weight is 360 g/mol. The summed E-state index contributed by atoms with van der Waals surface area (Å²) in [7, 11) is 0. The van der Waals surface area contributed by atoms with Gasteiger partial charge in [0.2, 0.25) is 0 Å². The van der Waals surface area contributed by atoms with Gasteiger partial charge in [-0.2, -0.15) is 54.1 Å². The Morgan fingerprint density at radius 1 is 0.560 bits per heavy atom. The molecule has 0 bridgehead atoms. The van der Waals surface area contributed by atoms with E-state index in [9.17, 15) is 4.79 Å². The summed E-state index contributed by atoms with van der Waals surface area (Å²) >= 11 is 0. The monoisotopic (exact) mass is 360 g/mol. The van der Waals surface area contributed by atoms with Crippen LogP contribution in [0, 0.1) is 70.3 Å². The van der Waals surface area contributed by atoms with Gasteiger partial charge in [0, 0.05) is 0 Å². The normalized spacial score (nSPS) is 14.2. The topological polar surface area (TPSA) is 17.1 Å². The summed E-state index contributed by atoms with van der Waals surface area (Å²) in [4.78, 5) is 9.88. The van der Waals surface area contributed by atoms with E-state index in [4.69, 9.17) is 0 Å². The zero-order valence-electron chi connectivity index (χ0n) is 14.0. The van der Waals surface area contributed by atoms with Crippen LogP contribution in [-0.4, -0.2) is 6.29 Å². The molecule has 2 fully saturated rings. The molecule has 0 heterocycles. The first kappa shape index (κ1) is 23.8. The van der Waals surface area contributed by atoms with Crippen molar-refractivity contribution in [3.8, 4) is 0 Å². The molecule has 0 amide bonds. The summed E-state index contributed by atoms with van der Waals surface area (Å²) in [5.74, 6) is 0. The number of hydrogen-bond donors (Lipinski definition) is 0. The van der Waals surface area contributed by atoms with Gasteiger partial charge in [-0.25, -0.2) is 0 Å². The molecule has 2 heteroatoms. The second-order valence-electron chi connectivity index (χ2n) is 4.47. The fraction of sp³-hybridized carbons (Fsp3) is 0. The smallest absolute Gasteiger partial charge is 0.376 e. The molecule has 1 nitrogen and oxygen atoms in total. The second kappa shape index (κ2) is 19.2. The Labute approximate surface area is 169 Å². The van der Waals surface area contributed by atoms with Crippen LogP contribution in [0.1, 0.15) is 5.56 Å². The molecule has 0 N–H and O–H groups in total. The van der Waals surface area contributed by atoms with Crippen LogP contribution >= 0.6 is 0 Å². The van der Waals surface area contributed by atoms with Crippen molar-refractivity contribution in [1.82, 2.24) is 0 Å². The predicted molar refractivity (Wildman–Crippen MR) is 99.5 cm³/mol. The maximum atomic E-state index is 9.88. The van der Waals surface area contributed by atoms with Gasteiger partial charge >= 0.3 is 21.7 Å². The molecule has 0 aliphatic heterocycles. The maximum Gasteiger partial charge on any atom is 2.00 e. The van der Waals surface area contributed by atoms with E-state index >= 15 is 0 Å². The number of rotatable bonds is 1. The summed E-state index contributed by atoms with van der Waals surface area (Å²) in [6.45, 7) is 0. The van der Waals surface area contributed by atoms with Crippen LogP contribution in [0.15, 0.2) is 60.7 Å². The largest absolute Gasteiger partial charge is 2.00 e. The zero-order valence-corrected chi connectivity index (χ0v) is 15.5. The number of carbonyl (C=O) groups excluding carboxylic acids is 1. The number of benzene rings is 2. The number of hydrogen-bond acceptors (Lipinski definition) is 1. The van der Waals surface area contributed by atoms with Gasteiger partial charge in [-0.3, -0.25) is 0 Å². The van der Waals surface area contributed by atoms with Gasteiger partial charge in [0.1, 0.15) is 0 Å². The Balaban J connectivity index is 0.000000309. The van der Waals surface area contributed by atoms with Crippen molar-refractivity contribution < 1.29 is 26.5 Å². The fourth-order valence-electron chi connectivity index (χ4n) is 1.49. The van der Waals surface area contributed by atoms with Crippen LogP contribution in [0.4, 0.5) is 0 Å². The molecule has 2 aromatic rings. The van der Waals surface area contributed by atoms with Crippen LogP contribution in [0.3, 0.4) is 0 Å². The molecule has 0 saturated heterocycles. The summed E-state index contributed by atoms with van der Waals surface area (Å²) in [5, 5.41) is 0. The minimum atomic E-state index is 0. The molecule has 0 atom stereocenters. The van der Waals surface area contributed by atoms with Crippen molar-refractivity contribution in [3.63, 3.8) is 0 Å². The van der Waals surface area contributed by atoms with Gasteiger partial charge < -0.3 is 4.79 Å². The van der Waals surface area contributed by atoms with Gasteiger partial charge in [0.25, 0.3) is 0 Å². The SMILES string of the molecule is O=[C-]c1ccccc1.[CH]1[CH][CH][CH][CH]1.[CH]1[CH][CH][CH][CH]1.[Ti+2].[c-]1ccccc1. The van der Waals surface area contributed by atoms with Crippen molar-refractivity contribution in [3.05, 3.63) is 137 Å². The van der Waals surface area contributed by atoms with Crippen molar-refractivity contribution in [2.45, 2.75) is 0 Å². The summed E-state index contributed by atoms with van der Waals surface area (Å²) < 4.78 is 0. The molecule has 0 unspecified atom stereocenters. The first-order chi connectivity index (χ1) is 11.9. The van der Waals surface area contributed by atoms with E-state index in [0.29, 0.717) is 5.56 Å². The Morgan fingerprint density at radius 3 is 1.12 bits per heavy atom. The maximum absolute atomic E-state index is 9.88. The minimum Gasteiger partial charge on any atom is -0.376 e. The first-order valence-corrected chi connectivity index (χ1v) is 7.61. The third-order valence-corrected chi connectivity index (χ3v) is 2.61. The second-order valence-corrected chi connectivity index (χ2v) is 4.47. The molecular weight excluding hydrogens is 340 g/mol. The molecular formula is C23H20OTi. The summed E-state index contributed by atoms with van der Waals surface area (Å²) in [6.07, 6.45) is 21.8. The molecule has 4 rings (SSSR count). The standard InChI is InChI=1S/C7H5O.C6H5.2C5H5.Ti/c8-6-7-4-2-1-3-5-7;1-2-4-6-5-3-1;2*1-2-4-5-3-1;/h1-5H;1-5H;2*1-5H;/q2*-1;;;+2. The molecule has 25 heavy (non-hydrogen) atoms. The van der Waals surface area contributed by atoms with Gasteiger partial charge in [0.05, 0.1) is 6.29 Å². The molecule has 2 aromatic carbocycles. The minimum absolute atomic E-state index is 0. The van der Waals surface area contributed by atoms with Crippen LogP contribution < -0.4 is 0 Å². The molecule has 0 spiro atoms. The quantitative estimate of drug-likeness (QED) is 0.534. The van der Waals surface area contributed by atoms with Crippen molar-refractivity contribution >= 4 is 6.29 Å². The average Bonchev–Trinajstić information content (AvgIpc) is 3.42. The Morgan fingerprint density at radius 2 is 0.920 bits per heavy atom. The Bertz CT molecular complexity index is 424.